The number of carbonyl (C=O) groups is 2. The first kappa shape index (κ1) is 9.51. The number of amides is 1. The lowest BCUT2D eigenvalue weighted by Gasteiger charge is -2.33. The lowest BCUT2D eigenvalue weighted by atomic mass is 9.95. The zero-order valence-electron chi connectivity index (χ0n) is 11.3. The van der Waals surface area contributed by atoms with Crippen molar-refractivity contribution in [3.05, 3.63) is 0 Å². The zero-order chi connectivity index (χ0) is 13.4. The van der Waals surface area contributed by atoms with E-state index in [4.69, 9.17) is 2.74 Å². The molecule has 0 N–H and O–H groups in total. The van der Waals surface area contributed by atoms with E-state index in [0.717, 1.165) is 11.8 Å². The van der Waals surface area contributed by atoms with Gasteiger partial charge in [-0.3, -0.25) is 4.79 Å². The fourth-order valence-electron chi connectivity index (χ4n) is 1.41. The molecule has 1 heterocycles. The molecule has 1 aliphatic rings. The van der Waals surface area contributed by atoms with Crippen LogP contribution in [0.2, 0.25) is 0 Å². The molecule has 0 aliphatic carbocycles. The summed E-state index contributed by atoms with van der Waals surface area (Å²) < 4.78 is 20.3. The Labute approximate surface area is 97.1 Å². The van der Waals surface area contributed by atoms with Crippen LogP contribution < -0.4 is 0 Å². The molecule has 1 saturated heterocycles. The van der Waals surface area contributed by atoms with Gasteiger partial charge in [-0.05, 0) is 5.41 Å². The fourth-order valence-corrected chi connectivity index (χ4v) is 2.53. The molecule has 0 spiro atoms. The van der Waals surface area contributed by atoms with Gasteiger partial charge in [0.25, 0.3) is 0 Å². The first-order valence-corrected chi connectivity index (χ1v) is 5.51. The summed E-state index contributed by atoms with van der Waals surface area (Å²) in [6.07, 6.45) is 0.523. The van der Waals surface area contributed by atoms with Gasteiger partial charge in [0.2, 0.25) is 6.41 Å². The SMILES string of the molecule is [2H]C1([2H])S[C@H](C(C)(C)C)N(C=O)[C@@H]1C(=O)OC. The van der Waals surface area contributed by atoms with Crippen LogP contribution >= 0.6 is 11.8 Å². The summed E-state index contributed by atoms with van der Waals surface area (Å²) in [5.41, 5.74) is -2.15. The van der Waals surface area contributed by atoms with Gasteiger partial charge < -0.3 is 9.64 Å². The quantitative estimate of drug-likeness (QED) is 0.529. The summed E-state index contributed by atoms with van der Waals surface area (Å²) >= 11 is 0.986. The van der Waals surface area contributed by atoms with Gasteiger partial charge in [-0.25, -0.2) is 4.79 Å². The number of ether oxygens (including phenoxy) is 1. The highest BCUT2D eigenvalue weighted by Gasteiger charge is 2.43. The summed E-state index contributed by atoms with van der Waals surface area (Å²) in [6.45, 7) is 5.70. The molecule has 0 aromatic heterocycles. The Morgan fingerprint density at radius 1 is 1.67 bits per heavy atom. The van der Waals surface area contributed by atoms with Crippen molar-refractivity contribution in [2.45, 2.75) is 32.2 Å². The average Bonchev–Trinajstić information content (AvgIpc) is 2.48. The molecule has 1 rings (SSSR count). The minimum Gasteiger partial charge on any atom is -0.467 e. The summed E-state index contributed by atoms with van der Waals surface area (Å²) in [6, 6.07) is -1.18. The Bertz CT molecular complexity index is 330. The monoisotopic (exact) mass is 233 g/mol. The van der Waals surface area contributed by atoms with E-state index in [0.29, 0.717) is 6.41 Å². The molecule has 0 unspecified atom stereocenters. The van der Waals surface area contributed by atoms with E-state index in [-0.39, 0.29) is 10.8 Å². The minimum atomic E-state index is -1.83. The summed E-state index contributed by atoms with van der Waals surface area (Å²) in [5.74, 6) is -0.721. The molecule has 4 nitrogen and oxygen atoms in total. The highest BCUT2D eigenvalue weighted by Crippen LogP contribution is 2.39. The zero-order valence-corrected chi connectivity index (χ0v) is 10.1. The second-order valence-electron chi connectivity index (χ2n) is 4.43. The normalized spacial score (nSPS) is 31.9. The maximum absolute atomic E-state index is 11.6. The second kappa shape index (κ2) is 4.43. The summed E-state index contributed by atoms with van der Waals surface area (Å²) in [7, 11) is 1.19. The molecule has 2 atom stereocenters. The van der Waals surface area contributed by atoms with Gasteiger partial charge >= 0.3 is 5.97 Å². The predicted molar refractivity (Wildman–Crippen MR) is 59.4 cm³/mol. The largest absolute Gasteiger partial charge is 0.467 e. The van der Waals surface area contributed by atoms with Crippen LogP contribution in [0.4, 0.5) is 0 Å². The molecule has 15 heavy (non-hydrogen) atoms. The topological polar surface area (TPSA) is 46.6 Å². The van der Waals surface area contributed by atoms with Gasteiger partial charge in [0, 0.05) is 8.45 Å². The number of thioether (sulfide) groups is 1. The molecule has 1 amide bonds. The van der Waals surface area contributed by atoms with Crippen LogP contribution in [-0.4, -0.2) is 41.5 Å². The van der Waals surface area contributed by atoms with Gasteiger partial charge in [-0.2, -0.15) is 0 Å². The van der Waals surface area contributed by atoms with Gasteiger partial charge in [-0.1, -0.05) is 20.8 Å². The Kier molecular flexibility index (Phi) is 2.81. The third-order valence-corrected chi connectivity index (χ3v) is 3.68. The number of hydrogen-bond acceptors (Lipinski definition) is 4. The van der Waals surface area contributed by atoms with Crippen molar-refractivity contribution in [1.29, 1.82) is 0 Å². The van der Waals surface area contributed by atoms with E-state index in [9.17, 15) is 9.59 Å². The van der Waals surface area contributed by atoms with Crippen molar-refractivity contribution in [3.8, 4) is 0 Å². The van der Waals surface area contributed by atoms with Crippen LogP contribution in [0.3, 0.4) is 0 Å². The Balaban J connectivity index is 3.12. The van der Waals surface area contributed by atoms with E-state index in [2.05, 4.69) is 4.74 Å². The van der Waals surface area contributed by atoms with Gasteiger partial charge in [0.1, 0.15) is 6.04 Å². The van der Waals surface area contributed by atoms with Gasteiger partial charge in [0.05, 0.1) is 12.5 Å². The lowest BCUT2D eigenvalue weighted by Crippen LogP contribution is -2.45. The van der Waals surface area contributed by atoms with Gasteiger partial charge in [-0.15, -0.1) is 11.8 Å². The smallest absolute Gasteiger partial charge is 0.329 e. The number of carbonyl (C=O) groups excluding carboxylic acids is 2. The molecule has 5 heteroatoms. The first-order valence-electron chi connectivity index (χ1n) is 5.63. The summed E-state index contributed by atoms with van der Waals surface area (Å²) in [5, 5.41) is -0.390. The van der Waals surface area contributed by atoms with Crippen molar-refractivity contribution < 1.29 is 17.1 Å². The van der Waals surface area contributed by atoms with Crippen molar-refractivity contribution >= 4 is 24.1 Å². The fraction of sp³-hybridized carbons (Fsp3) is 0.800. The predicted octanol–water partition coefficient (Wildman–Crippen LogP) is 1.11. The molecular formula is C10H17NO3S. The molecule has 1 fully saturated rings. The van der Waals surface area contributed by atoms with E-state index >= 15 is 0 Å². The third kappa shape index (κ3) is 2.45. The molecule has 0 aromatic carbocycles. The summed E-state index contributed by atoms with van der Waals surface area (Å²) in [4.78, 5) is 23.9. The number of methoxy groups -OCH3 is 1. The van der Waals surface area contributed by atoms with Crippen LogP contribution in [-0.2, 0) is 14.3 Å². The number of hydrogen-bond donors (Lipinski definition) is 0. The first-order chi connectivity index (χ1) is 7.65. The molecule has 0 radical (unpaired) electrons. The lowest BCUT2D eigenvalue weighted by molar-refractivity contribution is -0.149. The van der Waals surface area contributed by atoms with Crippen LogP contribution in [0.15, 0.2) is 0 Å². The van der Waals surface area contributed by atoms with E-state index in [1.54, 1.807) is 0 Å². The Morgan fingerprint density at radius 2 is 2.27 bits per heavy atom. The highest BCUT2D eigenvalue weighted by atomic mass is 32.2. The van der Waals surface area contributed by atoms with E-state index in [1.165, 1.54) is 12.0 Å². The highest BCUT2D eigenvalue weighted by molar-refractivity contribution is 8.00. The van der Waals surface area contributed by atoms with E-state index < -0.39 is 17.7 Å². The van der Waals surface area contributed by atoms with Crippen molar-refractivity contribution in [2.75, 3.05) is 12.8 Å². The molecule has 0 saturated carbocycles. The van der Waals surface area contributed by atoms with Gasteiger partial charge in [0.15, 0.2) is 0 Å². The Hall–Kier alpha value is -0.710. The van der Waals surface area contributed by atoms with Crippen molar-refractivity contribution in [3.63, 3.8) is 0 Å². The average molecular weight is 233 g/mol. The van der Waals surface area contributed by atoms with Crippen LogP contribution in [0, 0.1) is 5.41 Å². The maximum Gasteiger partial charge on any atom is 0.329 e. The number of esters is 1. The number of nitrogens with zero attached hydrogens (tertiary/aromatic N) is 1. The number of rotatable bonds is 2. The molecular weight excluding hydrogens is 214 g/mol. The molecule has 0 bridgehead atoms. The minimum absolute atomic E-state index is 0.318. The maximum atomic E-state index is 11.6. The Morgan fingerprint density at radius 3 is 2.67 bits per heavy atom. The third-order valence-electron chi connectivity index (χ3n) is 2.15. The van der Waals surface area contributed by atoms with Crippen molar-refractivity contribution in [1.82, 2.24) is 4.90 Å². The van der Waals surface area contributed by atoms with E-state index in [1.807, 2.05) is 20.8 Å². The second-order valence-corrected chi connectivity index (χ2v) is 5.35. The molecule has 0 aromatic rings. The standard InChI is InChI=1S/C10H17NO3S/c1-10(2,3)9-11(6-12)7(5-15-9)8(13)14-4/h6-7,9H,5H2,1-4H3/t7-,9+/m0/s1/i5D2. The molecule has 86 valence electrons. The van der Waals surface area contributed by atoms with Crippen molar-refractivity contribution in [2.24, 2.45) is 5.41 Å². The van der Waals surface area contributed by atoms with Crippen LogP contribution in [0.25, 0.3) is 0 Å². The van der Waals surface area contributed by atoms with Crippen LogP contribution in [0.1, 0.15) is 23.5 Å². The molecule has 1 aliphatic heterocycles. The van der Waals surface area contributed by atoms with Crippen LogP contribution in [0.5, 0.6) is 0 Å².